The van der Waals surface area contributed by atoms with E-state index in [0.717, 1.165) is 6.20 Å². The average Bonchev–Trinajstić information content (AvgIpc) is 3.32. The zero-order valence-electron chi connectivity index (χ0n) is 19.2. The first-order valence-electron chi connectivity index (χ1n) is 10.9. The molecule has 3 aromatic rings. The molecule has 0 spiro atoms. The smallest absolute Gasteiger partial charge is 0.367 e. The number of halogens is 4. The van der Waals surface area contributed by atoms with E-state index in [-0.39, 0.29) is 23.3 Å². The van der Waals surface area contributed by atoms with Gasteiger partial charge in [-0.25, -0.2) is 4.39 Å². The van der Waals surface area contributed by atoms with Crippen LogP contribution in [0.5, 0.6) is 0 Å². The molecular weight excluding hydrogens is 484 g/mol. The number of anilines is 2. The second kappa shape index (κ2) is 9.46. The number of nitrogens with zero attached hydrogens (tertiary/aromatic N) is 2. The van der Waals surface area contributed by atoms with E-state index in [0.29, 0.717) is 30.4 Å². The Hall–Kier alpha value is -3.18. The van der Waals surface area contributed by atoms with Crippen molar-refractivity contribution in [2.75, 3.05) is 30.4 Å². The van der Waals surface area contributed by atoms with Crippen LogP contribution >= 0.6 is 11.3 Å². The molecule has 0 saturated carbocycles. The van der Waals surface area contributed by atoms with Gasteiger partial charge in [-0.05, 0) is 55.4 Å². The van der Waals surface area contributed by atoms with Gasteiger partial charge in [-0.2, -0.15) is 24.5 Å². The summed E-state index contributed by atoms with van der Waals surface area (Å²) in [5.74, 6) is -1.57. The number of hydrogen-bond donors (Lipinski definition) is 2. The molecule has 0 bridgehead atoms. The number of aromatic amines is 1. The molecule has 2 unspecified atom stereocenters. The molecule has 1 fully saturated rings. The van der Waals surface area contributed by atoms with Crippen LogP contribution in [0.1, 0.15) is 29.8 Å². The maximum Gasteiger partial charge on any atom is 0.417 e. The third-order valence-corrected chi connectivity index (χ3v) is 7.02. The van der Waals surface area contributed by atoms with Crippen LogP contribution in [0.25, 0.3) is 11.1 Å². The lowest BCUT2D eigenvalue weighted by atomic mass is 10.0. The van der Waals surface area contributed by atoms with Crippen LogP contribution < -0.4 is 15.8 Å². The van der Waals surface area contributed by atoms with Gasteiger partial charge in [0.1, 0.15) is 5.82 Å². The van der Waals surface area contributed by atoms with Crippen LogP contribution in [-0.2, 0) is 6.18 Å². The third-order valence-electron chi connectivity index (χ3n) is 6.34. The van der Waals surface area contributed by atoms with Gasteiger partial charge in [0.2, 0.25) is 5.56 Å². The number of carbonyl (C=O) groups is 1. The number of alkyl halides is 3. The second-order valence-electron chi connectivity index (χ2n) is 8.71. The van der Waals surface area contributed by atoms with Gasteiger partial charge in [-0.1, -0.05) is 0 Å². The number of aromatic nitrogens is 1. The highest BCUT2D eigenvalue weighted by Gasteiger charge is 2.36. The molecule has 4 rings (SSSR count). The molecule has 2 aromatic heterocycles. The number of thiophene rings is 1. The Kier molecular flexibility index (Phi) is 6.74. The summed E-state index contributed by atoms with van der Waals surface area (Å²) in [6.07, 6.45) is -4.17. The molecule has 3 heterocycles. The van der Waals surface area contributed by atoms with Crippen LogP contribution in [0.4, 0.5) is 28.9 Å². The van der Waals surface area contributed by atoms with Crippen LogP contribution in [0.2, 0.25) is 0 Å². The standard InChI is InChI=1S/C24H24F4N4O2S/c1-13-10-32(11-14(2)31(13)3)21-8-19(25)16(15-4-5-35-12-15)6-20(21)30-23(34)17-9-29-22(33)7-18(17)24(26,27)28/h4-9,12-14H,10-11H2,1-3H3,(H,29,33)(H,30,34). The van der Waals surface area contributed by atoms with E-state index in [1.54, 1.807) is 16.8 Å². The Morgan fingerprint density at radius 2 is 1.86 bits per heavy atom. The predicted molar refractivity (Wildman–Crippen MR) is 129 cm³/mol. The number of H-pyrrole nitrogens is 1. The van der Waals surface area contributed by atoms with Crippen molar-refractivity contribution in [2.45, 2.75) is 32.1 Å². The number of pyridine rings is 1. The molecule has 35 heavy (non-hydrogen) atoms. The van der Waals surface area contributed by atoms with E-state index < -0.39 is 34.6 Å². The Morgan fingerprint density at radius 1 is 1.17 bits per heavy atom. The molecule has 1 aliphatic heterocycles. The summed E-state index contributed by atoms with van der Waals surface area (Å²) in [6.45, 7) is 5.11. The molecule has 1 saturated heterocycles. The zero-order chi connectivity index (χ0) is 25.5. The molecular formula is C24H24F4N4O2S. The summed E-state index contributed by atoms with van der Waals surface area (Å²) in [6, 6.07) is 5.07. The number of piperazine rings is 1. The lowest BCUT2D eigenvalue weighted by Crippen LogP contribution is -2.55. The fourth-order valence-corrected chi connectivity index (χ4v) is 4.90. The number of hydrogen-bond acceptors (Lipinski definition) is 5. The molecule has 0 radical (unpaired) electrons. The van der Waals surface area contributed by atoms with E-state index in [2.05, 4.69) is 15.2 Å². The highest BCUT2D eigenvalue weighted by atomic mass is 32.1. The number of nitrogens with one attached hydrogen (secondary N) is 2. The Labute approximate surface area is 203 Å². The lowest BCUT2D eigenvalue weighted by Gasteiger charge is -2.44. The van der Waals surface area contributed by atoms with Gasteiger partial charge in [0.25, 0.3) is 5.91 Å². The van der Waals surface area contributed by atoms with Crippen molar-refractivity contribution >= 4 is 28.6 Å². The fraction of sp³-hybridized carbons (Fsp3) is 0.333. The Bertz CT molecular complexity index is 1280. The predicted octanol–water partition coefficient (Wildman–Crippen LogP) is 5.04. The van der Waals surface area contributed by atoms with Gasteiger partial charge in [0.05, 0.1) is 22.5 Å². The van der Waals surface area contributed by atoms with Gasteiger partial charge in [-0.3, -0.25) is 14.5 Å². The molecule has 1 amide bonds. The summed E-state index contributed by atoms with van der Waals surface area (Å²) in [4.78, 5) is 30.8. The van der Waals surface area contributed by atoms with Crippen LogP contribution in [0, 0.1) is 5.82 Å². The monoisotopic (exact) mass is 508 g/mol. The van der Waals surface area contributed by atoms with Crippen molar-refractivity contribution in [2.24, 2.45) is 0 Å². The molecule has 2 atom stereocenters. The summed E-state index contributed by atoms with van der Waals surface area (Å²) in [7, 11) is 1.99. The number of rotatable bonds is 4. The van der Waals surface area contributed by atoms with E-state index in [9.17, 15) is 22.8 Å². The van der Waals surface area contributed by atoms with Gasteiger partial charge in [-0.15, -0.1) is 0 Å². The van der Waals surface area contributed by atoms with Gasteiger partial charge in [0, 0.05) is 43.0 Å². The summed E-state index contributed by atoms with van der Waals surface area (Å²) in [5.41, 5.74) is -1.68. The lowest BCUT2D eigenvalue weighted by molar-refractivity contribution is -0.138. The first-order chi connectivity index (χ1) is 16.5. The van der Waals surface area contributed by atoms with E-state index >= 15 is 4.39 Å². The largest absolute Gasteiger partial charge is 0.417 e. The minimum Gasteiger partial charge on any atom is -0.367 e. The second-order valence-corrected chi connectivity index (χ2v) is 9.49. The third kappa shape index (κ3) is 5.10. The summed E-state index contributed by atoms with van der Waals surface area (Å²) in [5, 5.41) is 6.07. The highest BCUT2D eigenvalue weighted by Crippen LogP contribution is 2.37. The Balaban J connectivity index is 1.79. The Morgan fingerprint density at radius 3 is 2.46 bits per heavy atom. The molecule has 186 valence electrons. The number of likely N-dealkylation sites (N-methyl/N-ethyl adjacent to an activating group) is 1. The van der Waals surface area contributed by atoms with E-state index in [1.807, 2.05) is 25.8 Å². The van der Waals surface area contributed by atoms with Crippen molar-refractivity contribution in [1.29, 1.82) is 0 Å². The number of benzene rings is 1. The summed E-state index contributed by atoms with van der Waals surface area (Å²) >= 11 is 1.37. The van der Waals surface area contributed by atoms with E-state index in [1.165, 1.54) is 23.5 Å². The molecule has 11 heteroatoms. The van der Waals surface area contributed by atoms with Crippen molar-refractivity contribution in [3.8, 4) is 11.1 Å². The van der Waals surface area contributed by atoms with Crippen molar-refractivity contribution in [1.82, 2.24) is 9.88 Å². The minimum atomic E-state index is -4.91. The van der Waals surface area contributed by atoms with Crippen molar-refractivity contribution in [3.63, 3.8) is 0 Å². The molecule has 1 aromatic carbocycles. The molecule has 6 nitrogen and oxygen atoms in total. The van der Waals surface area contributed by atoms with Gasteiger partial charge < -0.3 is 15.2 Å². The first kappa shape index (κ1) is 24.9. The number of amides is 1. The molecule has 0 aliphatic carbocycles. The van der Waals surface area contributed by atoms with Crippen LogP contribution in [0.3, 0.4) is 0 Å². The van der Waals surface area contributed by atoms with Gasteiger partial charge >= 0.3 is 6.18 Å². The topological polar surface area (TPSA) is 68.4 Å². The normalized spacial score (nSPS) is 19.1. The van der Waals surface area contributed by atoms with Crippen LogP contribution in [-0.4, -0.2) is 48.0 Å². The molecule has 1 aliphatic rings. The van der Waals surface area contributed by atoms with E-state index in [4.69, 9.17) is 0 Å². The fourth-order valence-electron chi connectivity index (χ4n) is 4.25. The van der Waals surface area contributed by atoms with Crippen molar-refractivity contribution < 1.29 is 22.4 Å². The average molecular weight is 509 g/mol. The zero-order valence-corrected chi connectivity index (χ0v) is 20.1. The SMILES string of the molecule is CC1CN(c2cc(F)c(-c3ccsc3)cc2NC(=O)c2c[nH]c(=O)cc2C(F)(F)F)CC(C)N1C. The maximum atomic E-state index is 15.2. The minimum absolute atomic E-state index is 0.123. The van der Waals surface area contributed by atoms with Crippen molar-refractivity contribution in [3.05, 3.63) is 68.5 Å². The first-order valence-corrected chi connectivity index (χ1v) is 11.8. The summed E-state index contributed by atoms with van der Waals surface area (Å²) < 4.78 is 55.8. The number of carbonyl (C=O) groups excluding carboxylic acids is 1. The van der Waals surface area contributed by atoms with Gasteiger partial charge in [0.15, 0.2) is 0 Å². The highest BCUT2D eigenvalue weighted by molar-refractivity contribution is 7.08. The van der Waals surface area contributed by atoms with Crippen LogP contribution in [0.15, 0.2) is 46.0 Å². The maximum absolute atomic E-state index is 15.2. The quantitative estimate of drug-likeness (QED) is 0.485. The molecule has 2 N–H and O–H groups in total.